The zero-order valence-corrected chi connectivity index (χ0v) is 28.2. The van der Waals surface area contributed by atoms with Crippen molar-refractivity contribution in [3.63, 3.8) is 0 Å². The van der Waals surface area contributed by atoms with Crippen LogP contribution in [0.4, 0.5) is 0 Å². The molecule has 2 aliphatic heterocycles. The van der Waals surface area contributed by atoms with E-state index in [1.165, 1.54) is 19.2 Å². The van der Waals surface area contributed by atoms with Gasteiger partial charge in [-0.3, -0.25) is 14.4 Å². The van der Waals surface area contributed by atoms with Gasteiger partial charge in [0.2, 0.25) is 0 Å². The highest BCUT2D eigenvalue weighted by Crippen LogP contribution is 2.40. The molecule has 1 aromatic carbocycles. The van der Waals surface area contributed by atoms with Crippen LogP contribution in [0.1, 0.15) is 94.4 Å². The van der Waals surface area contributed by atoms with Gasteiger partial charge in [-0.05, 0) is 84.1 Å². The van der Waals surface area contributed by atoms with E-state index in [1.54, 1.807) is 12.1 Å². The van der Waals surface area contributed by atoms with E-state index >= 15 is 0 Å². The summed E-state index contributed by atoms with van der Waals surface area (Å²) >= 11 is 0. The number of carbonyl (C=O) groups excluding carboxylic acids is 3. The average Bonchev–Trinajstić information content (AvgIpc) is 3.42. The fourth-order valence-corrected chi connectivity index (χ4v) is 4.38. The molecule has 2 fully saturated rings. The highest BCUT2D eigenvalue weighted by molar-refractivity contribution is 5.78. The number of ether oxygens (including phenoxy) is 5. The molecular formula is C34H56O9. The number of phenols is 1. The van der Waals surface area contributed by atoms with Gasteiger partial charge >= 0.3 is 17.9 Å². The summed E-state index contributed by atoms with van der Waals surface area (Å²) in [6, 6.07) is 6.11. The van der Waals surface area contributed by atoms with Crippen LogP contribution in [-0.4, -0.2) is 63.2 Å². The van der Waals surface area contributed by atoms with Crippen LogP contribution in [-0.2, 0) is 33.3 Å². The number of esters is 3. The predicted molar refractivity (Wildman–Crippen MR) is 166 cm³/mol. The van der Waals surface area contributed by atoms with E-state index < -0.39 is 5.41 Å². The first-order valence-electron chi connectivity index (χ1n) is 15.5. The van der Waals surface area contributed by atoms with Gasteiger partial charge in [0.05, 0.1) is 55.2 Å². The molecule has 1 aromatic rings. The van der Waals surface area contributed by atoms with Gasteiger partial charge in [0, 0.05) is 5.92 Å². The molecule has 0 radical (unpaired) electrons. The first-order valence-corrected chi connectivity index (χ1v) is 15.5. The van der Waals surface area contributed by atoms with Crippen LogP contribution in [0.15, 0.2) is 24.3 Å². The maximum absolute atomic E-state index is 11.7. The van der Waals surface area contributed by atoms with Gasteiger partial charge in [0.1, 0.15) is 18.1 Å². The summed E-state index contributed by atoms with van der Waals surface area (Å²) in [7, 11) is 1.45. The first-order chi connectivity index (χ1) is 20.1. The molecule has 9 nitrogen and oxygen atoms in total. The van der Waals surface area contributed by atoms with Gasteiger partial charge < -0.3 is 28.8 Å². The molecule has 0 bridgehead atoms. The molecule has 2 aliphatic rings. The second kappa shape index (κ2) is 17.0. The Morgan fingerprint density at radius 1 is 0.860 bits per heavy atom. The van der Waals surface area contributed by atoms with Crippen molar-refractivity contribution in [1.29, 1.82) is 0 Å². The Labute approximate surface area is 258 Å². The summed E-state index contributed by atoms with van der Waals surface area (Å²) in [6.07, 6.45) is 4.32. The van der Waals surface area contributed by atoms with E-state index in [2.05, 4.69) is 13.8 Å². The summed E-state index contributed by atoms with van der Waals surface area (Å²) in [6.45, 7) is 20.9. The van der Waals surface area contributed by atoms with Crippen LogP contribution in [0.25, 0.3) is 0 Å². The summed E-state index contributed by atoms with van der Waals surface area (Å²) < 4.78 is 26.0. The van der Waals surface area contributed by atoms with Gasteiger partial charge in [-0.15, -0.1) is 0 Å². The number of rotatable bonds is 11. The number of hydrogen-bond acceptors (Lipinski definition) is 9. The highest BCUT2D eigenvalue weighted by Gasteiger charge is 2.48. The number of hydrogen-bond donors (Lipinski definition) is 1. The topological polar surface area (TPSA) is 118 Å². The van der Waals surface area contributed by atoms with Crippen LogP contribution < -0.4 is 4.74 Å². The standard InChI is InChI=1S/C12H22O3.C12H16O3.C10H18O3/c1-5-11(3,4)10(13)15-9-12(6-2)7-14-8-12;1-4-12(2,3)11(14)15-10-7-5-9(13)6-8-10;1-4-8-6-13-7-10(8,5-2)9(11)12-3/h5-9H2,1-4H3;5-8,13H,4H2,1-3H3;8H,4-7H2,1-3H3. The largest absolute Gasteiger partial charge is 0.508 e. The quantitative estimate of drug-likeness (QED) is 0.215. The van der Waals surface area contributed by atoms with E-state index in [0.29, 0.717) is 31.5 Å². The van der Waals surface area contributed by atoms with Crippen LogP contribution in [0.2, 0.25) is 0 Å². The van der Waals surface area contributed by atoms with E-state index in [1.807, 2.05) is 48.5 Å². The summed E-state index contributed by atoms with van der Waals surface area (Å²) in [5.41, 5.74) is -1.11. The summed E-state index contributed by atoms with van der Waals surface area (Å²) in [4.78, 5) is 35.0. The van der Waals surface area contributed by atoms with E-state index in [9.17, 15) is 14.4 Å². The van der Waals surface area contributed by atoms with Crippen molar-refractivity contribution in [2.24, 2.45) is 27.6 Å². The minimum absolute atomic E-state index is 0.0928. The van der Waals surface area contributed by atoms with Crippen molar-refractivity contribution >= 4 is 17.9 Å². The fraction of sp³-hybridized carbons (Fsp3) is 0.735. The number of aromatic hydroxyl groups is 1. The van der Waals surface area contributed by atoms with Gasteiger partial charge in [-0.1, -0.05) is 34.6 Å². The maximum atomic E-state index is 11.7. The fourth-order valence-electron chi connectivity index (χ4n) is 4.38. The highest BCUT2D eigenvalue weighted by atomic mass is 16.6. The Balaban J connectivity index is 0.000000324. The lowest BCUT2D eigenvalue weighted by molar-refractivity contribution is -0.178. The molecule has 0 aromatic heterocycles. The molecule has 3 rings (SSSR count). The molecule has 0 saturated carbocycles. The van der Waals surface area contributed by atoms with Crippen LogP contribution in [0, 0.1) is 27.6 Å². The zero-order chi connectivity index (χ0) is 32.9. The maximum Gasteiger partial charge on any atom is 0.316 e. The third-order valence-electron chi connectivity index (χ3n) is 9.17. The molecule has 0 amide bonds. The van der Waals surface area contributed by atoms with E-state index in [-0.39, 0.29) is 39.9 Å². The molecule has 2 unspecified atom stereocenters. The second-order valence-corrected chi connectivity index (χ2v) is 12.9. The van der Waals surface area contributed by atoms with Crippen molar-refractivity contribution in [3.05, 3.63) is 24.3 Å². The SMILES string of the molecule is CCC(C)(C)C(=O)Oc1ccc(O)cc1.CCC1(COC(=O)C(C)(C)CC)COC1.CCC1COCC1(CC)C(=O)OC. The third-order valence-corrected chi connectivity index (χ3v) is 9.17. The van der Waals surface area contributed by atoms with Crippen molar-refractivity contribution in [2.75, 3.05) is 40.1 Å². The van der Waals surface area contributed by atoms with Crippen LogP contribution >= 0.6 is 0 Å². The molecule has 0 aliphatic carbocycles. The molecule has 2 heterocycles. The molecule has 246 valence electrons. The van der Waals surface area contributed by atoms with Crippen LogP contribution in [0.5, 0.6) is 11.5 Å². The lowest BCUT2D eigenvalue weighted by atomic mass is 9.74. The molecular weight excluding hydrogens is 552 g/mol. The first kappa shape index (κ1) is 38.4. The van der Waals surface area contributed by atoms with Gasteiger partial charge in [-0.25, -0.2) is 0 Å². The normalized spacial score (nSPS) is 20.7. The number of phenolic OH excluding ortho intramolecular Hbond substituents is 1. The second-order valence-electron chi connectivity index (χ2n) is 12.9. The third kappa shape index (κ3) is 10.5. The minimum atomic E-state index is -0.474. The molecule has 0 spiro atoms. The van der Waals surface area contributed by atoms with E-state index in [0.717, 1.165) is 45.3 Å². The minimum Gasteiger partial charge on any atom is -0.508 e. The van der Waals surface area contributed by atoms with Gasteiger partial charge in [0.15, 0.2) is 0 Å². The number of carbonyl (C=O) groups is 3. The van der Waals surface area contributed by atoms with Crippen molar-refractivity contribution in [3.8, 4) is 11.5 Å². The predicted octanol–water partition coefficient (Wildman–Crippen LogP) is 6.74. The van der Waals surface area contributed by atoms with Crippen molar-refractivity contribution in [2.45, 2.75) is 94.4 Å². The van der Waals surface area contributed by atoms with Gasteiger partial charge in [0.25, 0.3) is 0 Å². The molecule has 43 heavy (non-hydrogen) atoms. The Hall–Kier alpha value is -2.65. The van der Waals surface area contributed by atoms with E-state index in [4.69, 9.17) is 28.8 Å². The lowest BCUT2D eigenvalue weighted by Gasteiger charge is -2.40. The Bertz CT molecular complexity index is 1010. The summed E-state index contributed by atoms with van der Waals surface area (Å²) in [5.74, 6) is 0.480. The lowest BCUT2D eigenvalue weighted by Crippen LogP contribution is -2.47. The number of benzene rings is 1. The summed E-state index contributed by atoms with van der Waals surface area (Å²) in [5, 5.41) is 9.06. The Morgan fingerprint density at radius 2 is 1.42 bits per heavy atom. The van der Waals surface area contributed by atoms with Gasteiger partial charge in [-0.2, -0.15) is 0 Å². The number of methoxy groups -OCH3 is 1. The molecule has 1 N–H and O–H groups in total. The van der Waals surface area contributed by atoms with Crippen molar-refractivity contribution < 1.29 is 43.2 Å². The smallest absolute Gasteiger partial charge is 0.316 e. The Kier molecular flexibility index (Phi) is 15.2. The molecule has 2 atom stereocenters. The molecule has 2 saturated heterocycles. The van der Waals surface area contributed by atoms with Crippen LogP contribution in [0.3, 0.4) is 0 Å². The Morgan fingerprint density at radius 3 is 1.84 bits per heavy atom. The van der Waals surface area contributed by atoms with Crippen molar-refractivity contribution in [1.82, 2.24) is 0 Å². The zero-order valence-electron chi connectivity index (χ0n) is 28.2. The molecule has 9 heteroatoms. The average molecular weight is 609 g/mol. The monoisotopic (exact) mass is 608 g/mol.